The molecule has 2 N–H and O–H groups in total. The van der Waals surface area contributed by atoms with E-state index >= 15 is 0 Å². The van der Waals surface area contributed by atoms with Gasteiger partial charge in [-0.2, -0.15) is 12.6 Å². The molecular weight excluding hydrogens is 214 g/mol. The summed E-state index contributed by atoms with van der Waals surface area (Å²) in [7, 11) is 0. The summed E-state index contributed by atoms with van der Waals surface area (Å²) in [5.74, 6) is 0.907. The van der Waals surface area contributed by atoms with Crippen molar-refractivity contribution < 1.29 is 0 Å². The molecule has 1 nitrogen and oxygen atoms in total. The molecule has 0 aliphatic carbocycles. The fraction of sp³-hybridized carbons (Fsp3) is 1.00. The van der Waals surface area contributed by atoms with Crippen LogP contribution < -0.4 is 5.73 Å². The highest BCUT2D eigenvalue weighted by atomic mass is 32.1. The maximum atomic E-state index is 5.73. The van der Waals surface area contributed by atoms with Gasteiger partial charge in [0.05, 0.1) is 0 Å². The third-order valence-electron chi connectivity index (χ3n) is 3.39. The minimum atomic E-state index is 0.333. The van der Waals surface area contributed by atoms with E-state index < -0.39 is 0 Å². The maximum absolute atomic E-state index is 5.73. The smallest absolute Gasteiger partial charge is 0.00173 e. The Hall–Kier alpha value is 0.310. The van der Waals surface area contributed by atoms with Crippen molar-refractivity contribution in [3.05, 3.63) is 0 Å². The molecule has 0 fully saturated rings. The number of thiol groups is 1. The Morgan fingerprint density at radius 1 is 0.938 bits per heavy atom. The van der Waals surface area contributed by atoms with E-state index in [4.69, 9.17) is 5.73 Å². The summed E-state index contributed by atoms with van der Waals surface area (Å²) in [6.45, 7) is 6.71. The van der Waals surface area contributed by atoms with Crippen LogP contribution in [-0.2, 0) is 0 Å². The summed E-state index contributed by atoms with van der Waals surface area (Å²) < 4.78 is 0. The largest absolute Gasteiger partial charge is 0.328 e. The van der Waals surface area contributed by atoms with Crippen LogP contribution in [0.4, 0.5) is 0 Å². The van der Waals surface area contributed by atoms with E-state index in [1.807, 2.05) is 0 Å². The molecule has 0 rings (SSSR count). The average molecular weight is 245 g/mol. The number of hydrogen-bond donors (Lipinski definition) is 2. The van der Waals surface area contributed by atoms with Gasteiger partial charge in [-0.05, 0) is 32.1 Å². The van der Waals surface area contributed by atoms with Crippen LogP contribution in [0, 0.1) is 5.92 Å². The number of hydrogen-bond acceptors (Lipinski definition) is 2. The van der Waals surface area contributed by atoms with Crippen molar-refractivity contribution in [1.82, 2.24) is 0 Å². The topological polar surface area (TPSA) is 26.0 Å². The van der Waals surface area contributed by atoms with Gasteiger partial charge in [0.2, 0.25) is 0 Å². The quantitative estimate of drug-likeness (QED) is 0.433. The molecule has 16 heavy (non-hydrogen) atoms. The molecule has 0 aromatic rings. The molecule has 0 aromatic carbocycles. The van der Waals surface area contributed by atoms with E-state index in [0.717, 1.165) is 12.3 Å². The van der Waals surface area contributed by atoms with Crippen molar-refractivity contribution in [3.63, 3.8) is 0 Å². The van der Waals surface area contributed by atoms with Gasteiger partial charge in [-0.25, -0.2) is 0 Å². The summed E-state index contributed by atoms with van der Waals surface area (Å²) >= 11 is 4.61. The first-order valence-corrected chi connectivity index (χ1v) is 7.51. The van der Waals surface area contributed by atoms with Crippen LogP contribution in [0.3, 0.4) is 0 Å². The van der Waals surface area contributed by atoms with E-state index in [9.17, 15) is 0 Å². The molecule has 0 aliphatic rings. The lowest BCUT2D eigenvalue weighted by molar-refractivity contribution is 0.470. The van der Waals surface area contributed by atoms with E-state index in [1.165, 1.54) is 44.9 Å². The molecule has 0 aromatic heterocycles. The summed E-state index contributed by atoms with van der Waals surface area (Å²) in [4.78, 5) is 0. The monoisotopic (exact) mass is 245 g/mol. The summed E-state index contributed by atoms with van der Waals surface area (Å²) in [5, 5.41) is 0.564. The Labute approximate surface area is 108 Å². The molecular formula is C14H31NS. The fourth-order valence-corrected chi connectivity index (χ4v) is 2.18. The number of unbranched alkanes of at least 4 members (excludes halogenated alkanes) is 2. The van der Waals surface area contributed by atoms with Gasteiger partial charge in [-0.15, -0.1) is 0 Å². The normalized spacial score (nSPS) is 17.1. The minimum absolute atomic E-state index is 0.333. The average Bonchev–Trinajstić information content (AvgIpc) is 2.25. The second kappa shape index (κ2) is 10.5. The van der Waals surface area contributed by atoms with Crippen molar-refractivity contribution in [3.8, 4) is 0 Å². The van der Waals surface area contributed by atoms with E-state index in [0.29, 0.717) is 11.3 Å². The van der Waals surface area contributed by atoms with Gasteiger partial charge in [0.15, 0.2) is 0 Å². The second-order valence-corrected chi connectivity index (χ2v) is 6.09. The minimum Gasteiger partial charge on any atom is -0.328 e. The van der Waals surface area contributed by atoms with Gasteiger partial charge in [0.25, 0.3) is 0 Å². The first-order valence-electron chi connectivity index (χ1n) is 6.99. The van der Waals surface area contributed by atoms with Crippen molar-refractivity contribution in [2.75, 3.05) is 0 Å². The van der Waals surface area contributed by atoms with Crippen LogP contribution in [0.5, 0.6) is 0 Å². The highest BCUT2D eigenvalue weighted by Crippen LogP contribution is 2.17. The molecule has 0 heterocycles. The lowest BCUT2D eigenvalue weighted by Crippen LogP contribution is -2.16. The Morgan fingerprint density at radius 2 is 1.56 bits per heavy atom. The van der Waals surface area contributed by atoms with E-state index in [2.05, 4.69) is 33.4 Å². The van der Waals surface area contributed by atoms with Crippen LogP contribution in [0.2, 0.25) is 0 Å². The summed E-state index contributed by atoms with van der Waals surface area (Å²) in [6.07, 6.45) is 10.4. The molecule has 3 atom stereocenters. The molecule has 0 bridgehead atoms. The molecule has 3 unspecified atom stereocenters. The zero-order valence-electron chi connectivity index (χ0n) is 11.4. The Morgan fingerprint density at radius 3 is 2.12 bits per heavy atom. The molecule has 0 aliphatic heterocycles. The SMILES string of the molecule is CCC(C)CCCCCC(S)CCC(C)N. The standard InChI is InChI=1S/C14H31NS/c1-4-12(2)8-6-5-7-9-14(16)11-10-13(3)15/h12-14,16H,4-11,15H2,1-3H3. The van der Waals surface area contributed by atoms with Crippen LogP contribution in [0.25, 0.3) is 0 Å². The molecule has 0 spiro atoms. The maximum Gasteiger partial charge on any atom is 0.00173 e. The third-order valence-corrected chi connectivity index (χ3v) is 3.90. The predicted octanol–water partition coefficient (Wildman–Crippen LogP) is 4.41. The summed E-state index contributed by atoms with van der Waals surface area (Å²) in [6, 6.07) is 0.333. The van der Waals surface area contributed by atoms with E-state index in [1.54, 1.807) is 0 Å². The van der Waals surface area contributed by atoms with Crippen molar-refractivity contribution in [2.45, 2.75) is 83.4 Å². The van der Waals surface area contributed by atoms with Crippen molar-refractivity contribution in [1.29, 1.82) is 0 Å². The van der Waals surface area contributed by atoms with Crippen molar-refractivity contribution in [2.24, 2.45) is 11.7 Å². The highest BCUT2D eigenvalue weighted by Gasteiger charge is 2.05. The lowest BCUT2D eigenvalue weighted by atomic mass is 9.99. The Kier molecular flexibility index (Phi) is 10.7. The molecule has 0 saturated heterocycles. The van der Waals surface area contributed by atoms with Gasteiger partial charge in [-0.1, -0.05) is 46.0 Å². The van der Waals surface area contributed by atoms with Gasteiger partial charge in [0, 0.05) is 11.3 Å². The Balaban J connectivity index is 3.24. The van der Waals surface area contributed by atoms with E-state index in [-0.39, 0.29) is 0 Å². The van der Waals surface area contributed by atoms with Gasteiger partial charge in [0.1, 0.15) is 0 Å². The molecule has 98 valence electrons. The predicted molar refractivity (Wildman–Crippen MR) is 78.2 cm³/mol. The first-order chi connectivity index (χ1) is 7.56. The lowest BCUT2D eigenvalue weighted by Gasteiger charge is -2.12. The van der Waals surface area contributed by atoms with Gasteiger partial charge >= 0.3 is 0 Å². The van der Waals surface area contributed by atoms with Crippen LogP contribution >= 0.6 is 12.6 Å². The van der Waals surface area contributed by atoms with Crippen LogP contribution in [-0.4, -0.2) is 11.3 Å². The Bertz CT molecular complexity index is 148. The zero-order chi connectivity index (χ0) is 12.4. The second-order valence-electron chi connectivity index (χ2n) is 5.36. The molecule has 2 heteroatoms. The third kappa shape index (κ3) is 10.8. The van der Waals surface area contributed by atoms with Crippen molar-refractivity contribution >= 4 is 12.6 Å². The van der Waals surface area contributed by atoms with Crippen LogP contribution in [0.15, 0.2) is 0 Å². The van der Waals surface area contributed by atoms with Gasteiger partial charge < -0.3 is 5.73 Å². The summed E-state index contributed by atoms with van der Waals surface area (Å²) in [5.41, 5.74) is 5.73. The molecule has 0 saturated carbocycles. The fourth-order valence-electron chi connectivity index (χ4n) is 1.85. The molecule has 0 amide bonds. The number of rotatable bonds is 10. The van der Waals surface area contributed by atoms with Gasteiger partial charge in [-0.3, -0.25) is 0 Å². The zero-order valence-corrected chi connectivity index (χ0v) is 12.3. The molecule has 0 radical (unpaired) electrons. The first kappa shape index (κ1) is 16.3. The number of nitrogens with two attached hydrogens (primary N) is 1. The highest BCUT2D eigenvalue weighted by molar-refractivity contribution is 7.80. The van der Waals surface area contributed by atoms with Crippen LogP contribution in [0.1, 0.15) is 72.1 Å².